The quantitative estimate of drug-likeness (QED) is 0.684. The highest BCUT2D eigenvalue weighted by Crippen LogP contribution is 2.29. The van der Waals surface area contributed by atoms with Gasteiger partial charge in [0.05, 0.1) is 17.1 Å². The number of carbonyl (C=O) groups excluding carboxylic acids is 1. The van der Waals surface area contributed by atoms with Crippen LogP contribution < -0.4 is 10.6 Å². The molecule has 0 radical (unpaired) electrons. The van der Waals surface area contributed by atoms with E-state index in [1.54, 1.807) is 5.01 Å². The molecule has 0 unspecified atom stereocenters. The molecule has 0 saturated carbocycles. The Morgan fingerprint density at radius 3 is 1.83 bits per heavy atom. The number of carbonyl (C=O) groups is 1. The Hall–Kier alpha value is -4.03. The summed E-state index contributed by atoms with van der Waals surface area (Å²) in [6.07, 6.45) is 0. The van der Waals surface area contributed by atoms with E-state index in [2.05, 4.69) is 5.59 Å². The third kappa shape index (κ3) is 3.19. The Morgan fingerprint density at radius 1 is 0.767 bits per heavy atom. The molecular weight excluding hydrogens is 376 g/mol. The Kier molecular flexibility index (Phi) is 4.46. The number of hydrazine groups is 1. The van der Waals surface area contributed by atoms with Crippen molar-refractivity contribution in [2.75, 3.05) is 5.01 Å². The highest BCUT2D eigenvalue weighted by molar-refractivity contribution is 6.55. The minimum atomic E-state index is -0.528. The average molecular weight is 394 g/mol. The molecule has 1 N–H and O–H groups in total. The van der Waals surface area contributed by atoms with Gasteiger partial charge in [-0.05, 0) is 19.1 Å². The summed E-state index contributed by atoms with van der Waals surface area (Å²) in [6, 6.07) is 27.4. The van der Waals surface area contributed by atoms with Crippen molar-refractivity contribution in [3.63, 3.8) is 0 Å². The first-order valence-electron chi connectivity index (χ1n) is 9.57. The van der Waals surface area contributed by atoms with Gasteiger partial charge in [-0.2, -0.15) is 0 Å². The Morgan fingerprint density at radius 2 is 1.30 bits per heavy atom. The second-order valence-electron chi connectivity index (χ2n) is 6.98. The molecule has 6 nitrogen and oxygen atoms in total. The van der Waals surface area contributed by atoms with Crippen molar-refractivity contribution < 1.29 is 9.63 Å². The van der Waals surface area contributed by atoms with Crippen LogP contribution in [0.2, 0.25) is 0 Å². The van der Waals surface area contributed by atoms with Crippen LogP contribution in [0.4, 0.5) is 5.69 Å². The topological polar surface area (TPSA) is 66.3 Å². The molecule has 6 heteroatoms. The molecule has 0 spiro atoms. The zero-order valence-electron chi connectivity index (χ0n) is 16.2. The minimum absolute atomic E-state index is 0.248. The fourth-order valence-corrected chi connectivity index (χ4v) is 3.38. The number of aryl methyl sites for hydroxylation is 1. The smallest absolute Gasteiger partial charge is 0.345 e. The number of hydrogen-bond acceptors (Lipinski definition) is 6. The van der Waals surface area contributed by atoms with Gasteiger partial charge in [0.15, 0.2) is 11.5 Å². The number of hydrogen-bond donors (Lipinski definition) is 1. The van der Waals surface area contributed by atoms with Gasteiger partial charge in [0, 0.05) is 11.1 Å². The van der Waals surface area contributed by atoms with Gasteiger partial charge in [0.25, 0.3) is 0 Å². The van der Waals surface area contributed by atoms with Crippen LogP contribution in [0.3, 0.4) is 0 Å². The first kappa shape index (κ1) is 18.0. The van der Waals surface area contributed by atoms with E-state index in [-0.39, 0.29) is 5.70 Å². The van der Waals surface area contributed by atoms with E-state index in [0.29, 0.717) is 17.2 Å². The lowest BCUT2D eigenvalue weighted by Crippen LogP contribution is -2.29. The second kappa shape index (κ2) is 7.42. The summed E-state index contributed by atoms with van der Waals surface area (Å²) in [7, 11) is 0. The van der Waals surface area contributed by atoms with Crippen LogP contribution in [0.15, 0.2) is 106 Å². The summed E-state index contributed by atoms with van der Waals surface area (Å²) in [5.74, 6) is -0.219. The minimum Gasteiger partial charge on any atom is -0.345 e. The van der Waals surface area contributed by atoms with E-state index in [0.717, 1.165) is 22.4 Å². The Bertz CT molecular complexity index is 1140. The first-order chi connectivity index (χ1) is 14.7. The fourth-order valence-electron chi connectivity index (χ4n) is 3.38. The summed E-state index contributed by atoms with van der Waals surface area (Å²) >= 11 is 0. The van der Waals surface area contributed by atoms with Gasteiger partial charge in [0.2, 0.25) is 0 Å². The molecule has 5 rings (SSSR count). The van der Waals surface area contributed by atoms with Crippen molar-refractivity contribution in [1.29, 1.82) is 0 Å². The van der Waals surface area contributed by atoms with Gasteiger partial charge in [0.1, 0.15) is 0 Å². The molecule has 146 valence electrons. The van der Waals surface area contributed by atoms with E-state index in [1.165, 1.54) is 0 Å². The van der Waals surface area contributed by atoms with Gasteiger partial charge < -0.3 is 4.84 Å². The molecule has 0 atom stereocenters. The average Bonchev–Trinajstić information content (AvgIpc) is 3.39. The van der Waals surface area contributed by atoms with E-state index in [1.807, 2.05) is 91.9 Å². The summed E-state index contributed by atoms with van der Waals surface area (Å²) < 4.78 is 0. The van der Waals surface area contributed by atoms with Crippen LogP contribution in [0.25, 0.3) is 0 Å². The molecule has 30 heavy (non-hydrogen) atoms. The molecule has 0 bridgehead atoms. The Balaban J connectivity index is 1.67. The summed E-state index contributed by atoms with van der Waals surface area (Å²) in [5.41, 5.74) is 8.08. The number of aliphatic imine (C=N–C) groups is 2. The molecule has 2 aliphatic heterocycles. The lowest BCUT2D eigenvalue weighted by Gasteiger charge is -2.15. The third-order valence-electron chi connectivity index (χ3n) is 4.90. The molecule has 2 heterocycles. The number of rotatable bonds is 3. The van der Waals surface area contributed by atoms with Crippen LogP contribution in [-0.4, -0.2) is 17.4 Å². The standard InChI is InChI=1S/C24H18N4O2/c1-16-12-14-19(15-13-16)28-22(24(29)30-27-28)23-25-20(17-8-4-2-5-9-17)21(26-23)18-10-6-3-7-11-18/h2-15,27H,1H3. The van der Waals surface area contributed by atoms with Gasteiger partial charge in [-0.15, -0.1) is 0 Å². The van der Waals surface area contributed by atoms with Crippen LogP contribution in [0.5, 0.6) is 0 Å². The summed E-state index contributed by atoms with van der Waals surface area (Å²) in [4.78, 5) is 27.2. The molecule has 3 aromatic rings. The van der Waals surface area contributed by atoms with E-state index in [4.69, 9.17) is 14.8 Å². The number of nitrogens with zero attached hydrogens (tertiary/aromatic N) is 3. The van der Waals surface area contributed by atoms with E-state index < -0.39 is 5.97 Å². The van der Waals surface area contributed by atoms with E-state index in [9.17, 15) is 4.79 Å². The molecular formula is C24H18N4O2. The molecule has 1 saturated heterocycles. The van der Waals surface area contributed by atoms with Gasteiger partial charge in [-0.1, -0.05) is 83.9 Å². The molecule has 3 aromatic carbocycles. The van der Waals surface area contributed by atoms with Crippen LogP contribution in [0, 0.1) is 6.92 Å². The maximum absolute atomic E-state index is 12.6. The molecule has 2 aliphatic rings. The van der Waals surface area contributed by atoms with Crippen molar-refractivity contribution in [2.24, 2.45) is 9.98 Å². The monoisotopic (exact) mass is 394 g/mol. The van der Waals surface area contributed by atoms with Gasteiger partial charge in [-0.25, -0.2) is 19.8 Å². The molecule has 0 aromatic heterocycles. The van der Waals surface area contributed by atoms with Gasteiger partial charge in [-0.3, -0.25) is 0 Å². The number of nitrogens with one attached hydrogen (secondary N) is 1. The normalized spacial score (nSPS) is 15.9. The number of anilines is 1. The highest BCUT2D eigenvalue weighted by atomic mass is 16.7. The van der Waals surface area contributed by atoms with Gasteiger partial charge >= 0.3 is 5.97 Å². The molecule has 1 fully saturated rings. The largest absolute Gasteiger partial charge is 0.380 e. The zero-order valence-corrected chi connectivity index (χ0v) is 16.2. The lowest BCUT2D eigenvalue weighted by molar-refractivity contribution is -0.140. The molecule has 0 aliphatic carbocycles. The van der Waals surface area contributed by atoms with Crippen LogP contribution in [0.1, 0.15) is 16.7 Å². The highest BCUT2D eigenvalue weighted by Gasteiger charge is 2.35. The van der Waals surface area contributed by atoms with Crippen molar-refractivity contribution in [3.8, 4) is 0 Å². The predicted molar refractivity (Wildman–Crippen MR) is 116 cm³/mol. The van der Waals surface area contributed by atoms with Crippen molar-refractivity contribution in [3.05, 3.63) is 113 Å². The van der Waals surface area contributed by atoms with E-state index >= 15 is 0 Å². The zero-order chi connectivity index (χ0) is 20.5. The maximum atomic E-state index is 12.6. The SMILES string of the molecule is Cc1ccc(N2NOC(=O)C2=C2N=C(c3ccccc3)C(c3ccccc3)=N2)cc1. The summed E-state index contributed by atoms with van der Waals surface area (Å²) in [5, 5.41) is 1.57. The fraction of sp³-hybridized carbons (Fsp3) is 0.0417. The third-order valence-corrected chi connectivity index (χ3v) is 4.90. The van der Waals surface area contributed by atoms with Crippen LogP contribution in [-0.2, 0) is 9.63 Å². The lowest BCUT2D eigenvalue weighted by atomic mass is 10.0. The van der Waals surface area contributed by atoms with Crippen molar-refractivity contribution >= 4 is 23.1 Å². The van der Waals surface area contributed by atoms with Crippen molar-refractivity contribution in [2.45, 2.75) is 6.92 Å². The summed E-state index contributed by atoms with van der Waals surface area (Å²) in [6.45, 7) is 2.01. The second-order valence-corrected chi connectivity index (χ2v) is 6.98. The van der Waals surface area contributed by atoms with Crippen molar-refractivity contribution in [1.82, 2.24) is 5.59 Å². The predicted octanol–water partition coefficient (Wildman–Crippen LogP) is 3.94. The first-order valence-corrected chi connectivity index (χ1v) is 9.57. The Labute approximate surface area is 173 Å². The molecule has 0 amide bonds. The van der Waals surface area contributed by atoms with Crippen LogP contribution >= 0.6 is 0 Å². The number of benzene rings is 3. The maximum Gasteiger partial charge on any atom is 0.380 e.